The molecular formula is C15H9BrN2O3. The van der Waals surface area contributed by atoms with E-state index in [0.717, 1.165) is 0 Å². The number of carbonyl (C=O) groups excluding carboxylic acids is 1. The molecule has 0 bridgehead atoms. The second-order valence-electron chi connectivity index (χ2n) is 4.27. The summed E-state index contributed by atoms with van der Waals surface area (Å²) in [5.41, 5.74) is 0.617. The summed E-state index contributed by atoms with van der Waals surface area (Å²) in [6.45, 7) is 0. The largest absolute Gasteiger partial charge is 0.451 e. The third kappa shape index (κ3) is 2.71. The van der Waals surface area contributed by atoms with Crippen molar-refractivity contribution in [3.63, 3.8) is 0 Å². The molecule has 1 N–H and O–H groups in total. The molecule has 2 aromatic heterocycles. The van der Waals surface area contributed by atoms with Crippen molar-refractivity contribution in [2.75, 3.05) is 5.32 Å². The third-order valence-corrected chi connectivity index (χ3v) is 3.50. The first-order valence-corrected chi connectivity index (χ1v) is 6.89. The molecule has 0 saturated carbocycles. The number of amides is 1. The molecule has 3 rings (SSSR count). The Balaban J connectivity index is 1.99. The average molecular weight is 345 g/mol. The number of fused-ring (bicyclic) bond motifs is 1. The SMILES string of the molecule is O=C(Nc1cccnc1Br)c1cc(=O)c2ccccc2o1. The normalized spacial score (nSPS) is 10.5. The summed E-state index contributed by atoms with van der Waals surface area (Å²) in [5, 5.41) is 3.08. The molecule has 104 valence electrons. The molecule has 1 amide bonds. The van der Waals surface area contributed by atoms with Gasteiger partial charge in [0.25, 0.3) is 5.91 Å². The van der Waals surface area contributed by atoms with Crippen molar-refractivity contribution in [2.45, 2.75) is 0 Å². The molecule has 5 nitrogen and oxygen atoms in total. The van der Waals surface area contributed by atoms with Gasteiger partial charge in [0.2, 0.25) is 0 Å². The lowest BCUT2D eigenvalue weighted by Crippen LogP contribution is -2.15. The molecule has 2 heterocycles. The van der Waals surface area contributed by atoms with E-state index in [4.69, 9.17) is 4.42 Å². The van der Waals surface area contributed by atoms with Crippen molar-refractivity contribution in [2.24, 2.45) is 0 Å². The van der Waals surface area contributed by atoms with E-state index in [-0.39, 0.29) is 11.2 Å². The number of carbonyl (C=O) groups is 1. The molecule has 6 heteroatoms. The standard InChI is InChI=1S/C15H9BrN2O3/c16-14-10(5-3-7-17-14)18-15(20)13-8-11(19)9-4-1-2-6-12(9)21-13/h1-8H,(H,18,20). The highest BCUT2D eigenvalue weighted by Crippen LogP contribution is 2.19. The second-order valence-corrected chi connectivity index (χ2v) is 5.02. The summed E-state index contributed by atoms with van der Waals surface area (Å²) < 4.78 is 5.97. The number of pyridine rings is 1. The van der Waals surface area contributed by atoms with Crippen LogP contribution in [0.3, 0.4) is 0 Å². The maximum Gasteiger partial charge on any atom is 0.291 e. The molecule has 3 aromatic rings. The highest BCUT2D eigenvalue weighted by Gasteiger charge is 2.13. The lowest BCUT2D eigenvalue weighted by atomic mass is 10.2. The van der Waals surface area contributed by atoms with Gasteiger partial charge in [-0.2, -0.15) is 0 Å². The van der Waals surface area contributed by atoms with Crippen molar-refractivity contribution in [3.05, 3.63) is 69.2 Å². The van der Waals surface area contributed by atoms with Crippen molar-refractivity contribution in [1.29, 1.82) is 0 Å². The number of anilines is 1. The van der Waals surface area contributed by atoms with Crippen LogP contribution in [0.1, 0.15) is 10.6 Å². The van der Waals surface area contributed by atoms with Gasteiger partial charge in [-0.15, -0.1) is 0 Å². The number of nitrogens with one attached hydrogen (secondary N) is 1. The summed E-state index contributed by atoms with van der Waals surface area (Å²) in [4.78, 5) is 28.1. The molecule has 0 radical (unpaired) electrons. The van der Waals surface area contributed by atoms with Gasteiger partial charge >= 0.3 is 0 Å². The second kappa shape index (κ2) is 5.49. The average Bonchev–Trinajstić information content (AvgIpc) is 2.49. The minimum atomic E-state index is -0.508. The minimum absolute atomic E-state index is 0.0468. The quantitative estimate of drug-likeness (QED) is 0.724. The fourth-order valence-electron chi connectivity index (χ4n) is 1.88. The first-order valence-electron chi connectivity index (χ1n) is 6.10. The Bertz CT molecular complexity index is 889. The summed E-state index contributed by atoms with van der Waals surface area (Å²) in [6, 6.07) is 11.3. The van der Waals surface area contributed by atoms with Crippen molar-refractivity contribution in [3.8, 4) is 0 Å². The Labute approximate surface area is 127 Å². The van der Waals surface area contributed by atoms with Gasteiger partial charge in [-0.1, -0.05) is 12.1 Å². The van der Waals surface area contributed by atoms with Gasteiger partial charge in [0.1, 0.15) is 10.2 Å². The summed E-state index contributed by atoms with van der Waals surface area (Å²) in [7, 11) is 0. The molecule has 21 heavy (non-hydrogen) atoms. The number of halogens is 1. The highest BCUT2D eigenvalue weighted by molar-refractivity contribution is 9.10. The molecule has 0 spiro atoms. The number of nitrogens with zero attached hydrogens (tertiary/aromatic N) is 1. The van der Waals surface area contributed by atoms with Crippen LogP contribution < -0.4 is 10.7 Å². The van der Waals surface area contributed by atoms with Gasteiger partial charge in [-0.25, -0.2) is 4.98 Å². The lowest BCUT2D eigenvalue weighted by Gasteiger charge is -2.06. The van der Waals surface area contributed by atoms with Gasteiger partial charge in [-0.05, 0) is 40.2 Å². The van der Waals surface area contributed by atoms with E-state index in [0.29, 0.717) is 21.3 Å². The molecule has 0 aliphatic heterocycles. The molecule has 0 unspecified atom stereocenters. The molecular weight excluding hydrogens is 336 g/mol. The zero-order chi connectivity index (χ0) is 14.8. The Morgan fingerprint density at radius 2 is 2.00 bits per heavy atom. The molecule has 0 aliphatic rings. The van der Waals surface area contributed by atoms with E-state index in [1.807, 2.05) is 0 Å². The summed E-state index contributed by atoms with van der Waals surface area (Å²) in [6.07, 6.45) is 1.59. The van der Waals surface area contributed by atoms with E-state index in [1.165, 1.54) is 6.07 Å². The molecule has 0 fully saturated rings. The van der Waals surface area contributed by atoms with Gasteiger partial charge in [-0.3, -0.25) is 9.59 Å². The van der Waals surface area contributed by atoms with Crippen molar-refractivity contribution < 1.29 is 9.21 Å². The van der Waals surface area contributed by atoms with E-state index >= 15 is 0 Å². The van der Waals surface area contributed by atoms with Gasteiger partial charge in [0, 0.05) is 12.3 Å². The van der Waals surface area contributed by atoms with Crippen LogP contribution in [0.2, 0.25) is 0 Å². The van der Waals surface area contributed by atoms with E-state index in [2.05, 4.69) is 26.2 Å². The fraction of sp³-hybridized carbons (Fsp3) is 0. The van der Waals surface area contributed by atoms with Crippen LogP contribution in [0.15, 0.2) is 62.5 Å². The Hall–Kier alpha value is -2.47. The van der Waals surface area contributed by atoms with Gasteiger partial charge < -0.3 is 9.73 Å². The van der Waals surface area contributed by atoms with Gasteiger partial charge in [0.15, 0.2) is 11.2 Å². The zero-order valence-electron chi connectivity index (χ0n) is 10.7. The predicted octanol–water partition coefficient (Wildman–Crippen LogP) is 3.20. The number of hydrogen-bond acceptors (Lipinski definition) is 4. The van der Waals surface area contributed by atoms with Crippen molar-refractivity contribution >= 4 is 38.5 Å². The Kier molecular flexibility index (Phi) is 3.53. The number of rotatable bonds is 2. The maximum absolute atomic E-state index is 12.2. The zero-order valence-corrected chi connectivity index (χ0v) is 12.3. The number of aromatic nitrogens is 1. The van der Waals surface area contributed by atoms with Crippen LogP contribution in [0.4, 0.5) is 5.69 Å². The van der Waals surface area contributed by atoms with Crippen LogP contribution in [0.5, 0.6) is 0 Å². The van der Waals surface area contributed by atoms with E-state index in [9.17, 15) is 9.59 Å². The minimum Gasteiger partial charge on any atom is -0.451 e. The first-order chi connectivity index (χ1) is 10.1. The first kappa shape index (κ1) is 13.5. The van der Waals surface area contributed by atoms with Crippen LogP contribution >= 0.6 is 15.9 Å². The maximum atomic E-state index is 12.2. The number of benzene rings is 1. The Morgan fingerprint density at radius 3 is 2.81 bits per heavy atom. The summed E-state index contributed by atoms with van der Waals surface area (Å²) in [5.74, 6) is -0.555. The molecule has 0 saturated heterocycles. The fourth-order valence-corrected chi connectivity index (χ4v) is 2.23. The van der Waals surface area contributed by atoms with Crippen LogP contribution in [-0.4, -0.2) is 10.9 Å². The van der Waals surface area contributed by atoms with Crippen LogP contribution in [0, 0.1) is 0 Å². The smallest absolute Gasteiger partial charge is 0.291 e. The van der Waals surface area contributed by atoms with E-state index < -0.39 is 5.91 Å². The summed E-state index contributed by atoms with van der Waals surface area (Å²) >= 11 is 3.23. The molecule has 0 aliphatic carbocycles. The third-order valence-electron chi connectivity index (χ3n) is 2.87. The molecule has 0 atom stereocenters. The van der Waals surface area contributed by atoms with Crippen LogP contribution in [-0.2, 0) is 0 Å². The number of hydrogen-bond donors (Lipinski definition) is 1. The topological polar surface area (TPSA) is 72.2 Å². The monoisotopic (exact) mass is 344 g/mol. The lowest BCUT2D eigenvalue weighted by molar-refractivity contribution is 0.0997. The van der Waals surface area contributed by atoms with Crippen molar-refractivity contribution in [1.82, 2.24) is 4.98 Å². The predicted molar refractivity (Wildman–Crippen MR) is 82.4 cm³/mol. The van der Waals surface area contributed by atoms with E-state index in [1.54, 1.807) is 42.6 Å². The Morgan fingerprint density at radius 1 is 1.19 bits per heavy atom. The highest BCUT2D eigenvalue weighted by atomic mass is 79.9. The van der Waals surface area contributed by atoms with Gasteiger partial charge in [0.05, 0.1) is 11.1 Å². The molecule has 1 aromatic carbocycles. The number of para-hydroxylation sites is 1. The van der Waals surface area contributed by atoms with Crippen LogP contribution in [0.25, 0.3) is 11.0 Å².